The molecule has 1 aliphatic rings. The van der Waals surface area contributed by atoms with Gasteiger partial charge in [0.15, 0.2) is 0 Å². The van der Waals surface area contributed by atoms with Crippen molar-refractivity contribution < 1.29 is 0 Å². The maximum absolute atomic E-state index is 2.12. The fourth-order valence-corrected chi connectivity index (χ4v) is 0.842. The van der Waals surface area contributed by atoms with Crippen LogP contribution in [0.3, 0.4) is 0 Å². The van der Waals surface area contributed by atoms with Crippen LogP contribution in [-0.2, 0) is 0 Å². The van der Waals surface area contributed by atoms with Gasteiger partial charge in [-0.05, 0) is 6.42 Å². The van der Waals surface area contributed by atoms with Crippen LogP contribution in [0.25, 0.3) is 0 Å². The molecule has 1 aliphatic carbocycles. The summed E-state index contributed by atoms with van der Waals surface area (Å²) in [6.07, 6.45) is 23.5. The van der Waals surface area contributed by atoms with Crippen LogP contribution in [0.2, 0.25) is 0 Å². The van der Waals surface area contributed by atoms with Gasteiger partial charge in [0, 0.05) is 6.42 Å². The lowest BCUT2D eigenvalue weighted by molar-refractivity contribution is 1.38. The van der Waals surface area contributed by atoms with Gasteiger partial charge in [-0.25, -0.2) is 0 Å². The van der Waals surface area contributed by atoms with Crippen LogP contribution in [-0.4, -0.2) is 0 Å². The Kier molecular flexibility index (Phi) is 4.70. The van der Waals surface area contributed by atoms with Gasteiger partial charge in [-0.2, -0.15) is 0 Å². The first kappa shape index (κ1) is 8.79. The van der Waals surface area contributed by atoms with E-state index in [9.17, 15) is 0 Å². The molecule has 0 heterocycles. The summed E-state index contributed by atoms with van der Waals surface area (Å²) in [6, 6.07) is 0. The minimum absolute atomic E-state index is 0.998. The topological polar surface area (TPSA) is 0 Å². The van der Waals surface area contributed by atoms with Crippen molar-refractivity contribution >= 4 is 0 Å². The summed E-state index contributed by atoms with van der Waals surface area (Å²) in [5.74, 6) is 0. The van der Waals surface area contributed by atoms with E-state index in [1.807, 2.05) is 42.9 Å². The first-order valence-corrected chi connectivity index (χ1v) is 4.15. The van der Waals surface area contributed by atoms with Gasteiger partial charge in [0.2, 0.25) is 0 Å². The average Bonchev–Trinajstić information content (AvgIpc) is 2.05. The Balaban J connectivity index is 2.55. The second-order valence-corrected chi connectivity index (χ2v) is 2.44. The molecule has 1 radical (unpaired) electrons. The Morgan fingerprint density at radius 2 is 1.08 bits per heavy atom. The van der Waals surface area contributed by atoms with Gasteiger partial charge >= 0.3 is 0 Å². The normalized spacial score (nSPS) is 30.7. The van der Waals surface area contributed by atoms with E-state index >= 15 is 0 Å². The fourth-order valence-electron chi connectivity index (χ4n) is 0.842. The smallest absolute Gasteiger partial charge is 0.00475 e. The Labute approximate surface area is 74.3 Å². The van der Waals surface area contributed by atoms with Gasteiger partial charge in [-0.1, -0.05) is 60.8 Å². The molecule has 0 spiro atoms. The average molecular weight is 157 g/mol. The Bertz CT molecular complexity index is 211. The molecule has 12 heavy (non-hydrogen) atoms. The van der Waals surface area contributed by atoms with Gasteiger partial charge in [-0.15, -0.1) is 0 Å². The van der Waals surface area contributed by atoms with Crippen LogP contribution in [0, 0.1) is 6.42 Å². The van der Waals surface area contributed by atoms with Crippen molar-refractivity contribution in [2.75, 3.05) is 0 Å². The highest BCUT2D eigenvalue weighted by atomic mass is 13.8. The van der Waals surface area contributed by atoms with Crippen LogP contribution in [0.5, 0.6) is 0 Å². The standard InChI is InChI=1S/C12H13/c1-2-4-6-8-10-12-11-9-7-5-3-1/h1-11H,12H2/b2-1-,5-3+,6-4+,10-8-,11-9-. The van der Waals surface area contributed by atoms with Crippen LogP contribution in [0.1, 0.15) is 6.42 Å². The molecule has 0 unspecified atom stereocenters. The number of hydrogen-bond donors (Lipinski definition) is 0. The van der Waals surface area contributed by atoms with Crippen LogP contribution < -0.4 is 0 Å². The highest BCUT2D eigenvalue weighted by Crippen LogP contribution is 1.92. The quantitative estimate of drug-likeness (QED) is 0.505. The van der Waals surface area contributed by atoms with Crippen molar-refractivity contribution in [1.82, 2.24) is 0 Å². The molecule has 61 valence electrons. The molecule has 0 saturated heterocycles. The van der Waals surface area contributed by atoms with Gasteiger partial charge in [0.05, 0.1) is 0 Å². The molecule has 0 aliphatic heterocycles. The second kappa shape index (κ2) is 6.41. The maximum Gasteiger partial charge on any atom is 0.00475 e. The molecule has 0 aromatic rings. The van der Waals surface area contributed by atoms with E-state index in [-0.39, 0.29) is 0 Å². The van der Waals surface area contributed by atoms with Gasteiger partial charge < -0.3 is 0 Å². The summed E-state index contributed by atoms with van der Waals surface area (Å²) in [6.45, 7) is 0. The first-order chi connectivity index (χ1) is 6.00. The number of hydrogen-bond acceptors (Lipinski definition) is 0. The molecule has 0 N–H and O–H groups in total. The summed E-state index contributed by atoms with van der Waals surface area (Å²) in [7, 11) is 0. The number of rotatable bonds is 0. The minimum Gasteiger partial charge on any atom is -0.0841 e. The molecule has 1 rings (SSSR count). The Hall–Kier alpha value is -1.30. The van der Waals surface area contributed by atoms with E-state index < -0.39 is 0 Å². The lowest BCUT2D eigenvalue weighted by atomic mass is 10.2. The zero-order valence-corrected chi connectivity index (χ0v) is 7.06. The zero-order chi connectivity index (χ0) is 8.49. The SMILES string of the molecule is [CH]1/C=C\C\C=C/C=C/C=C\C=C\1. The molecule has 0 saturated carbocycles. The van der Waals surface area contributed by atoms with Gasteiger partial charge in [0.1, 0.15) is 0 Å². The molecule has 0 fully saturated rings. The van der Waals surface area contributed by atoms with E-state index in [1.165, 1.54) is 0 Å². The summed E-state index contributed by atoms with van der Waals surface area (Å²) in [5, 5.41) is 0. The van der Waals surface area contributed by atoms with E-state index in [1.54, 1.807) is 0 Å². The molecule has 0 nitrogen and oxygen atoms in total. The van der Waals surface area contributed by atoms with Crippen LogP contribution in [0.4, 0.5) is 0 Å². The first-order valence-electron chi connectivity index (χ1n) is 4.15. The van der Waals surface area contributed by atoms with E-state index in [2.05, 4.69) is 24.3 Å². The van der Waals surface area contributed by atoms with Crippen molar-refractivity contribution in [1.29, 1.82) is 0 Å². The molecule has 0 atom stereocenters. The zero-order valence-electron chi connectivity index (χ0n) is 7.06. The Morgan fingerprint density at radius 1 is 0.500 bits per heavy atom. The predicted molar refractivity (Wildman–Crippen MR) is 54.6 cm³/mol. The largest absolute Gasteiger partial charge is 0.0841 e. The van der Waals surface area contributed by atoms with Crippen molar-refractivity contribution in [2.24, 2.45) is 0 Å². The molecule has 0 amide bonds. The molecular weight excluding hydrogens is 144 g/mol. The summed E-state index contributed by atoms with van der Waals surface area (Å²) in [5.41, 5.74) is 0. The van der Waals surface area contributed by atoms with Gasteiger partial charge in [0.25, 0.3) is 0 Å². The lowest BCUT2D eigenvalue weighted by Gasteiger charge is -1.83. The van der Waals surface area contributed by atoms with Crippen LogP contribution in [0.15, 0.2) is 60.8 Å². The van der Waals surface area contributed by atoms with Crippen molar-refractivity contribution in [3.05, 3.63) is 67.2 Å². The van der Waals surface area contributed by atoms with Crippen LogP contribution >= 0.6 is 0 Å². The second-order valence-electron chi connectivity index (χ2n) is 2.44. The third kappa shape index (κ3) is 4.51. The highest BCUT2D eigenvalue weighted by molar-refractivity contribution is 5.20. The van der Waals surface area contributed by atoms with E-state index in [4.69, 9.17) is 0 Å². The Morgan fingerprint density at radius 3 is 1.92 bits per heavy atom. The van der Waals surface area contributed by atoms with E-state index in [0.29, 0.717) is 0 Å². The highest BCUT2D eigenvalue weighted by Gasteiger charge is 1.72. The fraction of sp³-hybridized carbons (Fsp3) is 0.0833. The summed E-state index contributed by atoms with van der Waals surface area (Å²) in [4.78, 5) is 0. The third-order valence-electron chi connectivity index (χ3n) is 1.43. The molecule has 0 bridgehead atoms. The molecule has 0 aromatic heterocycles. The van der Waals surface area contributed by atoms with Crippen molar-refractivity contribution in [3.8, 4) is 0 Å². The third-order valence-corrected chi connectivity index (χ3v) is 1.43. The van der Waals surface area contributed by atoms with Crippen molar-refractivity contribution in [2.45, 2.75) is 6.42 Å². The lowest BCUT2D eigenvalue weighted by Crippen LogP contribution is -1.63. The monoisotopic (exact) mass is 157 g/mol. The summed E-state index contributed by atoms with van der Waals surface area (Å²) >= 11 is 0. The minimum atomic E-state index is 0.998. The molecular formula is C12H13. The maximum atomic E-state index is 2.12. The molecule has 0 heteroatoms. The van der Waals surface area contributed by atoms with E-state index in [0.717, 1.165) is 6.42 Å². The molecule has 0 aromatic carbocycles. The van der Waals surface area contributed by atoms with Gasteiger partial charge in [-0.3, -0.25) is 0 Å². The number of allylic oxidation sites excluding steroid dienone is 10. The van der Waals surface area contributed by atoms with Crippen molar-refractivity contribution in [3.63, 3.8) is 0 Å². The summed E-state index contributed by atoms with van der Waals surface area (Å²) < 4.78 is 0. The predicted octanol–water partition coefficient (Wildman–Crippen LogP) is 3.38.